The van der Waals surface area contributed by atoms with E-state index in [1.165, 1.54) is 53.2 Å². The van der Waals surface area contributed by atoms with Crippen LogP contribution >= 0.6 is 11.3 Å². The van der Waals surface area contributed by atoms with Crippen LogP contribution in [0.2, 0.25) is 0 Å². The predicted octanol–water partition coefficient (Wildman–Crippen LogP) is 9.49. The molecule has 1 aliphatic heterocycles. The van der Waals surface area contributed by atoms with Gasteiger partial charge in [0.05, 0.1) is 11.0 Å². The van der Waals surface area contributed by atoms with Crippen LogP contribution in [-0.2, 0) is 0 Å². The van der Waals surface area contributed by atoms with Gasteiger partial charge in [-0.05, 0) is 47.5 Å². The minimum atomic E-state index is -0.181. The molecule has 3 heterocycles. The second-order valence-corrected chi connectivity index (χ2v) is 12.4. The van der Waals surface area contributed by atoms with E-state index in [-0.39, 0.29) is 12.3 Å². The highest BCUT2D eigenvalue weighted by molar-refractivity contribution is 7.25. The Labute approximate surface area is 258 Å². The van der Waals surface area contributed by atoms with Crippen molar-refractivity contribution in [3.63, 3.8) is 0 Å². The largest absolute Gasteiger partial charge is 0.350 e. The number of para-hydroxylation sites is 2. The molecule has 210 valence electrons. The maximum Gasteiger partial charge on any atom is 0.131 e. The summed E-state index contributed by atoms with van der Waals surface area (Å²) in [6.45, 7) is 0. The summed E-state index contributed by atoms with van der Waals surface area (Å²) in [5.41, 5.74) is 7.06. The molecule has 2 atom stereocenters. The first-order chi connectivity index (χ1) is 21.8. The predicted molar refractivity (Wildman–Crippen MR) is 185 cm³/mol. The molecule has 0 bridgehead atoms. The van der Waals surface area contributed by atoms with Crippen LogP contribution in [0.5, 0.6) is 0 Å². The van der Waals surface area contributed by atoms with E-state index >= 15 is 0 Å². The molecule has 0 saturated carbocycles. The second-order valence-electron chi connectivity index (χ2n) is 11.3. The number of aromatic nitrogens is 1. The minimum Gasteiger partial charge on any atom is -0.350 e. The quantitative estimate of drug-likeness (QED) is 0.216. The van der Waals surface area contributed by atoms with E-state index in [1.54, 1.807) is 0 Å². The van der Waals surface area contributed by atoms with Crippen molar-refractivity contribution in [2.45, 2.75) is 12.3 Å². The minimum absolute atomic E-state index is 0.0548. The molecule has 9 rings (SSSR count). The lowest BCUT2D eigenvalue weighted by atomic mass is 10.1. The maximum atomic E-state index is 5.16. The third-order valence-electron chi connectivity index (χ3n) is 8.68. The van der Waals surface area contributed by atoms with Crippen LogP contribution in [0, 0.1) is 0 Å². The molecule has 0 saturated heterocycles. The molecule has 0 aliphatic carbocycles. The average Bonchev–Trinajstić information content (AvgIpc) is 3.64. The number of fused-ring (bicyclic) bond motifs is 6. The molecule has 0 radical (unpaired) electrons. The molecule has 2 aromatic heterocycles. The van der Waals surface area contributed by atoms with Gasteiger partial charge in [-0.15, -0.1) is 11.3 Å². The van der Waals surface area contributed by atoms with Crippen LogP contribution in [0.4, 0.5) is 0 Å². The first kappa shape index (κ1) is 25.3. The summed E-state index contributed by atoms with van der Waals surface area (Å²) in [5.74, 6) is 0.899. The van der Waals surface area contributed by atoms with Gasteiger partial charge >= 0.3 is 0 Å². The van der Waals surface area contributed by atoms with Gasteiger partial charge in [0, 0.05) is 42.2 Å². The van der Waals surface area contributed by atoms with Crippen molar-refractivity contribution < 1.29 is 0 Å². The van der Waals surface area contributed by atoms with Crippen LogP contribution in [-0.4, -0.2) is 10.4 Å². The van der Waals surface area contributed by atoms with Crippen LogP contribution in [0.1, 0.15) is 29.0 Å². The van der Waals surface area contributed by atoms with Crippen LogP contribution in [0.15, 0.2) is 151 Å². The van der Waals surface area contributed by atoms with Gasteiger partial charge in [-0.2, -0.15) is 0 Å². The molecule has 44 heavy (non-hydrogen) atoms. The van der Waals surface area contributed by atoms with Gasteiger partial charge in [0.2, 0.25) is 0 Å². The van der Waals surface area contributed by atoms with Gasteiger partial charge in [-0.25, -0.2) is 4.99 Å². The number of rotatable bonds is 4. The third kappa shape index (κ3) is 4.13. The van der Waals surface area contributed by atoms with Crippen molar-refractivity contribution in [1.82, 2.24) is 15.2 Å². The number of benzene rings is 6. The fourth-order valence-electron chi connectivity index (χ4n) is 6.58. The first-order valence-corrected chi connectivity index (χ1v) is 15.8. The summed E-state index contributed by atoms with van der Waals surface area (Å²) in [5, 5.41) is 12.5. The molecule has 0 spiro atoms. The fraction of sp³-hybridized carbons (Fsp3) is 0.0513. The molecular formula is C39H28N4S. The van der Waals surface area contributed by atoms with Gasteiger partial charge in [-0.1, -0.05) is 109 Å². The van der Waals surface area contributed by atoms with E-state index in [0.29, 0.717) is 0 Å². The van der Waals surface area contributed by atoms with Crippen molar-refractivity contribution in [1.29, 1.82) is 0 Å². The Morgan fingerprint density at radius 1 is 0.545 bits per heavy atom. The van der Waals surface area contributed by atoms with Gasteiger partial charge in [0.25, 0.3) is 0 Å². The topological polar surface area (TPSA) is 41.4 Å². The van der Waals surface area contributed by atoms with Crippen LogP contribution < -0.4 is 10.6 Å². The van der Waals surface area contributed by atoms with Crippen LogP contribution in [0.3, 0.4) is 0 Å². The number of hydrogen-bond donors (Lipinski definition) is 2. The lowest BCUT2D eigenvalue weighted by Crippen LogP contribution is -2.44. The van der Waals surface area contributed by atoms with E-state index < -0.39 is 0 Å². The molecule has 1 aliphatic rings. The first-order valence-electron chi connectivity index (χ1n) is 15.0. The molecule has 8 aromatic rings. The zero-order valence-corrected chi connectivity index (χ0v) is 24.6. The van der Waals surface area contributed by atoms with Crippen molar-refractivity contribution >= 4 is 59.2 Å². The molecule has 6 aromatic carbocycles. The molecule has 5 heteroatoms. The van der Waals surface area contributed by atoms with E-state index in [4.69, 9.17) is 4.99 Å². The highest BCUT2D eigenvalue weighted by Gasteiger charge is 2.25. The second kappa shape index (κ2) is 10.2. The Bertz CT molecular complexity index is 2300. The Kier molecular flexibility index (Phi) is 5.86. The lowest BCUT2D eigenvalue weighted by Gasteiger charge is -2.32. The molecule has 0 fully saturated rings. The zero-order valence-electron chi connectivity index (χ0n) is 23.8. The molecule has 2 N–H and O–H groups in total. The summed E-state index contributed by atoms with van der Waals surface area (Å²) < 4.78 is 4.95. The molecule has 2 unspecified atom stereocenters. The maximum absolute atomic E-state index is 5.16. The molecule has 0 amide bonds. The van der Waals surface area contributed by atoms with Crippen molar-refractivity contribution in [3.8, 4) is 5.69 Å². The van der Waals surface area contributed by atoms with Crippen molar-refractivity contribution in [3.05, 3.63) is 162 Å². The number of nitrogens with zero attached hydrogens (tertiary/aromatic N) is 2. The number of nitrogens with one attached hydrogen (secondary N) is 2. The number of amidine groups is 1. The monoisotopic (exact) mass is 584 g/mol. The fourth-order valence-corrected chi connectivity index (χ4v) is 7.72. The van der Waals surface area contributed by atoms with E-state index in [0.717, 1.165) is 17.0 Å². The zero-order chi connectivity index (χ0) is 29.0. The Morgan fingerprint density at radius 2 is 1.23 bits per heavy atom. The average molecular weight is 585 g/mol. The normalized spacial score (nSPS) is 16.9. The Balaban J connectivity index is 1.15. The smallest absolute Gasteiger partial charge is 0.131 e. The summed E-state index contributed by atoms with van der Waals surface area (Å²) in [6.07, 6.45) is -0.236. The summed E-state index contributed by atoms with van der Waals surface area (Å²) >= 11 is 1.85. The van der Waals surface area contributed by atoms with E-state index in [2.05, 4.69) is 155 Å². The molecular weight excluding hydrogens is 557 g/mol. The Morgan fingerprint density at radius 3 is 1.98 bits per heavy atom. The van der Waals surface area contributed by atoms with Crippen molar-refractivity contribution in [2.24, 2.45) is 4.99 Å². The highest BCUT2D eigenvalue weighted by Crippen LogP contribution is 2.39. The number of hydrogen-bond acceptors (Lipinski definition) is 4. The third-order valence-corrected chi connectivity index (χ3v) is 9.81. The summed E-state index contributed by atoms with van der Waals surface area (Å²) in [7, 11) is 0. The van der Waals surface area contributed by atoms with Gasteiger partial charge in [0.15, 0.2) is 0 Å². The van der Waals surface area contributed by atoms with Crippen molar-refractivity contribution in [2.75, 3.05) is 0 Å². The SMILES string of the molecule is c1ccc(C2=NC(c3ccc4c(c3)sc3ccc(-n5c6ccccc6c6ccccc65)cc34)NC(c3ccccc3)N2)cc1. The molecule has 4 nitrogen and oxygen atoms in total. The summed E-state index contributed by atoms with van der Waals surface area (Å²) in [4.78, 5) is 5.16. The highest BCUT2D eigenvalue weighted by atomic mass is 32.1. The summed E-state index contributed by atoms with van der Waals surface area (Å²) in [6, 6.07) is 52.0. The number of aliphatic imine (C=N–C) groups is 1. The van der Waals surface area contributed by atoms with E-state index in [1.807, 2.05) is 17.4 Å². The number of thiophene rings is 1. The van der Waals surface area contributed by atoms with E-state index in [9.17, 15) is 0 Å². The van der Waals surface area contributed by atoms with Gasteiger partial charge < -0.3 is 9.88 Å². The lowest BCUT2D eigenvalue weighted by molar-refractivity contribution is 0.409. The van der Waals surface area contributed by atoms with Gasteiger partial charge in [0.1, 0.15) is 18.2 Å². The van der Waals surface area contributed by atoms with Gasteiger partial charge in [-0.3, -0.25) is 5.32 Å². The standard InChI is InChI=1S/C39H28N4S/c1-3-11-25(12-4-1)37-40-38(26-13-5-2-6-14-26)42-39(41-37)27-19-21-31-32-24-28(20-22-35(32)44-36(31)23-27)43-33-17-9-7-15-29(33)30-16-8-10-18-34(30)43/h1-24,37,39,41H,(H,40,42). The van der Waals surface area contributed by atoms with Crippen LogP contribution in [0.25, 0.3) is 47.7 Å². The Hall–Kier alpha value is -5.23.